The molecule has 0 radical (unpaired) electrons. The number of non-ortho nitro benzene ring substituents is 1. The predicted octanol–water partition coefficient (Wildman–Crippen LogP) is 2.27. The summed E-state index contributed by atoms with van der Waals surface area (Å²) in [6.45, 7) is 0.0254. The molecule has 0 aliphatic carbocycles. The quantitative estimate of drug-likeness (QED) is 0.380. The second-order valence-corrected chi connectivity index (χ2v) is 6.00. The maximum atomic E-state index is 12.2. The number of nitrogens with zero attached hydrogens (tertiary/aromatic N) is 2. The van der Waals surface area contributed by atoms with Crippen molar-refractivity contribution in [3.05, 3.63) is 44.8 Å². The minimum Gasteiger partial charge on any atom is -0.481 e. The molecule has 1 aliphatic heterocycles. The third-order valence-electron chi connectivity index (χ3n) is 2.82. The molecule has 0 bridgehead atoms. The van der Waals surface area contributed by atoms with Gasteiger partial charge < -0.3 is 5.11 Å². The lowest BCUT2D eigenvalue weighted by Gasteiger charge is -2.12. The Balaban J connectivity index is 2.15. The molecule has 22 heavy (non-hydrogen) atoms. The van der Waals surface area contributed by atoms with Crippen LogP contribution in [0, 0.1) is 10.1 Å². The molecule has 0 unspecified atom stereocenters. The summed E-state index contributed by atoms with van der Waals surface area (Å²) in [6, 6.07) is 5.75. The topological polar surface area (TPSA) is 101 Å². The molecular formula is C13H10N2O5S2. The zero-order chi connectivity index (χ0) is 16.3. The van der Waals surface area contributed by atoms with Crippen LogP contribution in [-0.4, -0.2) is 37.7 Å². The molecule has 114 valence electrons. The number of carbonyl (C=O) groups is 2. The molecule has 0 atom stereocenters. The molecule has 1 saturated heterocycles. The average molecular weight is 338 g/mol. The fourth-order valence-corrected chi connectivity index (χ4v) is 3.05. The highest BCUT2D eigenvalue weighted by molar-refractivity contribution is 8.26. The molecule has 0 saturated carbocycles. The minimum absolute atomic E-state index is 0.0254. The lowest BCUT2D eigenvalue weighted by Crippen LogP contribution is -2.30. The van der Waals surface area contributed by atoms with Crippen LogP contribution in [0.5, 0.6) is 0 Å². The van der Waals surface area contributed by atoms with Gasteiger partial charge in [0.25, 0.3) is 11.6 Å². The Morgan fingerprint density at radius 2 is 2.05 bits per heavy atom. The summed E-state index contributed by atoms with van der Waals surface area (Å²) < 4.78 is 0.305. The Kier molecular flexibility index (Phi) is 4.88. The molecule has 1 aromatic carbocycles. The zero-order valence-corrected chi connectivity index (χ0v) is 12.7. The molecule has 0 spiro atoms. The van der Waals surface area contributed by atoms with Crippen molar-refractivity contribution in [1.82, 2.24) is 4.90 Å². The first-order valence-corrected chi connectivity index (χ1v) is 7.32. The van der Waals surface area contributed by atoms with Crippen molar-refractivity contribution < 1.29 is 19.6 Å². The number of benzene rings is 1. The van der Waals surface area contributed by atoms with E-state index in [1.165, 1.54) is 29.2 Å². The van der Waals surface area contributed by atoms with Gasteiger partial charge in [0, 0.05) is 18.7 Å². The van der Waals surface area contributed by atoms with Gasteiger partial charge in [-0.2, -0.15) is 0 Å². The fraction of sp³-hybridized carbons (Fsp3) is 0.154. The summed E-state index contributed by atoms with van der Waals surface area (Å²) in [4.78, 5) is 34.4. The van der Waals surface area contributed by atoms with Crippen LogP contribution < -0.4 is 0 Å². The highest BCUT2D eigenvalue weighted by Gasteiger charge is 2.32. The van der Waals surface area contributed by atoms with Gasteiger partial charge in [-0.25, -0.2) is 0 Å². The fourth-order valence-electron chi connectivity index (χ4n) is 1.74. The first kappa shape index (κ1) is 16.1. The molecule has 0 aromatic heterocycles. The molecule has 1 N–H and O–H groups in total. The molecular weight excluding hydrogens is 328 g/mol. The van der Waals surface area contributed by atoms with E-state index in [1.807, 2.05) is 0 Å². The van der Waals surface area contributed by atoms with Gasteiger partial charge in [-0.1, -0.05) is 24.0 Å². The predicted molar refractivity (Wildman–Crippen MR) is 85.2 cm³/mol. The molecule has 1 heterocycles. The third-order valence-corrected chi connectivity index (χ3v) is 4.20. The van der Waals surface area contributed by atoms with Crippen LogP contribution >= 0.6 is 24.0 Å². The summed E-state index contributed by atoms with van der Waals surface area (Å²) in [7, 11) is 0. The molecule has 1 fully saturated rings. The van der Waals surface area contributed by atoms with E-state index >= 15 is 0 Å². The van der Waals surface area contributed by atoms with Gasteiger partial charge in [-0.15, -0.1) is 0 Å². The normalized spacial score (nSPS) is 16.4. The maximum Gasteiger partial charge on any atom is 0.305 e. The number of thiocarbonyl (C=S) groups is 1. The third kappa shape index (κ3) is 3.68. The van der Waals surface area contributed by atoms with Crippen LogP contribution in [0.3, 0.4) is 0 Å². The largest absolute Gasteiger partial charge is 0.481 e. The van der Waals surface area contributed by atoms with Gasteiger partial charge in [-0.3, -0.25) is 24.6 Å². The number of carbonyl (C=O) groups excluding carboxylic acids is 1. The monoisotopic (exact) mass is 338 g/mol. The van der Waals surface area contributed by atoms with Crippen LogP contribution in [0.25, 0.3) is 6.08 Å². The number of aliphatic carboxylic acids is 1. The Labute approximate surface area is 134 Å². The number of thioether (sulfide) groups is 1. The van der Waals surface area contributed by atoms with Crippen molar-refractivity contribution in [3.8, 4) is 0 Å². The number of nitro groups is 1. The maximum absolute atomic E-state index is 12.2. The van der Waals surface area contributed by atoms with Gasteiger partial charge in [0.2, 0.25) is 0 Å². The van der Waals surface area contributed by atoms with E-state index < -0.39 is 10.9 Å². The Bertz CT molecular complexity index is 684. The van der Waals surface area contributed by atoms with Crippen molar-refractivity contribution in [1.29, 1.82) is 0 Å². The number of nitro benzene ring substituents is 1. The molecule has 1 aliphatic rings. The van der Waals surface area contributed by atoms with Crippen LogP contribution in [0.15, 0.2) is 29.2 Å². The summed E-state index contributed by atoms with van der Waals surface area (Å²) in [6.07, 6.45) is 1.39. The van der Waals surface area contributed by atoms with Crippen molar-refractivity contribution >= 4 is 51.9 Å². The average Bonchev–Trinajstić information content (AvgIpc) is 2.72. The van der Waals surface area contributed by atoms with Crippen molar-refractivity contribution in [2.45, 2.75) is 6.42 Å². The van der Waals surface area contributed by atoms with E-state index in [2.05, 4.69) is 0 Å². The lowest BCUT2D eigenvalue weighted by atomic mass is 10.2. The van der Waals surface area contributed by atoms with Gasteiger partial charge >= 0.3 is 5.97 Å². The van der Waals surface area contributed by atoms with Gasteiger partial charge in [0.15, 0.2) is 0 Å². The zero-order valence-electron chi connectivity index (χ0n) is 11.1. The standard InChI is InChI=1S/C13H10N2O5S2/c16-11(17)5-6-14-12(18)10(22-13(14)21)7-8-1-3-9(4-2-8)15(19)20/h1-4,7H,5-6H2,(H,16,17)/b10-7+. The first-order chi connectivity index (χ1) is 10.4. The Hall–Kier alpha value is -2.26. The highest BCUT2D eigenvalue weighted by Crippen LogP contribution is 2.32. The Morgan fingerprint density at radius 1 is 1.41 bits per heavy atom. The van der Waals surface area contributed by atoms with Crippen LogP contribution in [0.1, 0.15) is 12.0 Å². The van der Waals surface area contributed by atoms with E-state index in [1.54, 1.807) is 6.08 Å². The molecule has 7 nitrogen and oxygen atoms in total. The number of rotatable bonds is 5. The van der Waals surface area contributed by atoms with E-state index in [-0.39, 0.29) is 24.6 Å². The van der Waals surface area contributed by atoms with Gasteiger partial charge in [0.1, 0.15) is 4.32 Å². The van der Waals surface area contributed by atoms with E-state index in [4.69, 9.17) is 17.3 Å². The number of hydrogen-bond donors (Lipinski definition) is 1. The van der Waals surface area contributed by atoms with Gasteiger partial charge in [0.05, 0.1) is 16.2 Å². The summed E-state index contributed by atoms with van der Waals surface area (Å²) in [5, 5.41) is 19.2. The van der Waals surface area contributed by atoms with Crippen molar-refractivity contribution in [2.24, 2.45) is 0 Å². The SMILES string of the molecule is O=C(O)CCN1C(=O)/C(=C\c2ccc([N+](=O)[O-])cc2)SC1=S. The summed E-state index contributed by atoms with van der Waals surface area (Å²) in [5.74, 6) is -1.36. The molecule has 1 amide bonds. The van der Waals surface area contributed by atoms with Crippen LogP contribution in [0.2, 0.25) is 0 Å². The second kappa shape index (κ2) is 6.67. The summed E-state index contributed by atoms with van der Waals surface area (Å²) in [5.41, 5.74) is 0.593. The molecule has 9 heteroatoms. The van der Waals surface area contributed by atoms with Crippen molar-refractivity contribution in [3.63, 3.8) is 0 Å². The number of amides is 1. The smallest absolute Gasteiger partial charge is 0.305 e. The first-order valence-electron chi connectivity index (χ1n) is 6.10. The van der Waals surface area contributed by atoms with Crippen LogP contribution in [-0.2, 0) is 9.59 Å². The van der Waals surface area contributed by atoms with Gasteiger partial charge in [-0.05, 0) is 23.8 Å². The summed E-state index contributed by atoms with van der Waals surface area (Å²) >= 11 is 6.14. The lowest BCUT2D eigenvalue weighted by molar-refractivity contribution is -0.384. The van der Waals surface area contributed by atoms with Crippen LogP contribution in [0.4, 0.5) is 5.69 Å². The Morgan fingerprint density at radius 3 is 2.59 bits per heavy atom. The molecule has 2 rings (SSSR count). The van der Waals surface area contributed by atoms with E-state index in [9.17, 15) is 19.7 Å². The second-order valence-electron chi connectivity index (χ2n) is 4.33. The number of hydrogen-bond acceptors (Lipinski definition) is 6. The number of carboxylic acid groups (broad SMARTS) is 1. The highest BCUT2D eigenvalue weighted by atomic mass is 32.2. The van der Waals surface area contributed by atoms with E-state index in [0.29, 0.717) is 14.8 Å². The minimum atomic E-state index is -1.01. The van der Waals surface area contributed by atoms with E-state index in [0.717, 1.165) is 11.8 Å². The van der Waals surface area contributed by atoms with Crippen molar-refractivity contribution in [2.75, 3.05) is 6.54 Å². The number of carboxylic acids is 1. The molecule has 1 aromatic rings.